The predicted octanol–water partition coefficient (Wildman–Crippen LogP) is 5.74. The van der Waals surface area contributed by atoms with Crippen LogP contribution in [0.25, 0.3) is 0 Å². The molecule has 1 fully saturated rings. The molecule has 0 amide bonds. The monoisotopic (exact) mass is 474 g/mol. The number of pyridine rings is 1. The zero-order chi connectivity index (χ0) is 20.6. The van der Waals surface area contributed by atoms with Crippen LogP contribution >= 0.6 is 15.9 Å². The summed E-state index contributed by atoms with van der Waals surface area (Å²) in [6.07, 6.45) is 2.27. The molecule has 1 saturated carbocycles. The number of halogens is 1. The van der Waals surface area contributed by atoms with E-state index in [1.165, 1.54) is 0 Å². The van der Waals surface area contributed by atoms with Gasteiger partial charge in [-0.15, -0.1) is 4.72 Å². The van der Waals surface area contributed by atoms with Crippen molar-refractivity contribution in [2.75, 3.05) is 0 Å². The largest absolute Gasteiger partial charge is 0.598 e. The van der Waals surface area contributed by atoms with E-state index in [2.05, 4.69) is 59.5 Å². The molecule has 0 saturated heterocycles. The molecular weight excluding hydrogens is 440 g/mol. The molecule has 2 atom stereocenters. The molecule has 154 valence electrons. The van der Waals surface area contributed by atoms with Crippen LogP contribution in [0.2, 0.25) is 18.1 Å². The minimum Gasteiger partial charge on any atom is -0.598 e. The molecule has 0 aliphatic heterocycles. The van der Waals surface area contributed by atoms with Crippen LogP contribution in [0, 0.1) is 5.92 Å². The molecule has 1 aliphatic rings. The van der Waals surface area contributed by atoms with E-state index in [0.29, 0.717) is 12.0 Å². The van der Waals surface area contributed by atoms with E-state index >= 15 is 0 Å². The number of aromatic nitrogens is 1. The lowest BCUT2D eigenvalue weighted by Gasteiger charge is -2.46. The van der Waals surface area contributed by atoms with Crippen molar-refractivity contribution in [3.05, 3.63) is 28.5 Å². The molecule has 1 aliphatic carbocycles. The minimum atomic E-state index is -1.76. The summed E-state index contributed by atoms with van der Waals surface area (Å²) < 4.78 is 23.2. The highest BCUT2D eigenvalue weighted by atomic mass is 79.9. The Hall–Kier alpha value is 0.0769. The number of rotatable bonds is 6. The molecule has 4 nitrogen and oxygen atoms in total. The van der Waals surface area contributed by atoms with Crippen LogP contribution in [0.15, 0.2) is 22.8 Å². The van der Waals surface area contributed by atoms with Crippen LogP contribution in [0.3, 0.4) is 0 Å². The summed E-state index contributed by atoms with van der Waals surface area (Å²) in [5.41, 5.74) is 0.942. The molecule has 2 rings (SSSR count). The first-order valence-corrected chi connectivity index (χ1v) is 14.5. The van der Waals surface area contributed by atoms with E-state index in [1.807, 2.05) is 39.0 Å². The fourth-order valence-electron chi connectivity index (χ4n) is 2.86. The van der Waals surface area contributed by atoms with Gasteiger partial charge in [0.2, 0.25) is 0 Å². The first-order valence-electron chi connectivity index (χ1n) is 9.69. The highest BCUT2D eigenvalue weighted by Crippen LogP contribution is 2.45. The molecule has 0 radical (unpaired) electrons. The Morgan fingerprint density at radius 2 is 1.81 bits per heavy atom. The van der Waals surface area contributed by atoms with Gasteiger partial charge in [0.15, 0.2) is 8.32 Å². The second kappa shape index (κ2) is 8.44. The lowest BCUT2D eigenvalue weighted by Crippen LogP contribution is -2.51. The summed E-state index contributed by atoms with van der Waals surface area (Å²) >= 11 is 2.32. The normalized spacial score (nSPS) is 23.6. The molecule has 27 heavy (non-hydrogen) atoms. The molecule has 1 heterocycles. The first-order chi connectivity index (χ1) is 12.2. The van der Waals surface area contributed by atoms with Crippen LogP contribution in [0.5, 0.6) is 0 Å². The standard InChI is InChI=1S/C20H35BrN2O2SSi/c1-19(2,3)26(24)23-18(16-10-9-11-17(21)22-16)14-12-15(13-14)25-27(7,8)20(4,5)6/h9-11,14-15,18,23H,12-13H2,1-8H3/t14-,15-,18?,26-/m1/s1. The average molecular weight is 476 g/mol. The van der Waals surface area contributed by atoms with E-state index in [1.54, 1.807) is 0 Å². The van der Waals surface area contributed by atoms with E-state index in [4.69, 9.17) is 4.43 Å². The third-order valence-electron chi connectivity index (χ3n) is 5.72. The van der Waals surface area contributed by atoms with Crippen molar-refractivity contribution in [3.8, 4) is 0 Å². The van der Waals surface area contributed by atoms with Crippen molar-refractivity contribution in [3.63, 3.8) is 0 Å². The van der Waals surface area contributed by atoms with Gasteiger partial charge in [-0.3, -0.25) is 0 Å². The summed E-state index contributed by atoms with van der Waals surface area (Å²) in [5.74, 6) is 0.382. The van der Waals surface area contributed by atoms with Gasteiger partial charge in [0, 0.05) is 17.5 Å². The van der Waals surface area contributed by atoms with Crippen LogP contribution < -0.4 is 4.72 Å². The van der Waals surface area contributed by atoms with Crippen LogP contribution in [0.1, 0.15) is 66.1 Å². The molecule has 1 unspecified atom stereocenters. The Morgan fingerprint density at radius 1 is 1.22 bits per heavy atom. The summed E-state index contributed by atoms with van der Waals surface area (Å²) in [6.45, 7) is 17.4. The smallest absolute Gasteiger partial charge is 0.192 e. The molecule has 0 spiro atoms. The second-order valence-corrected chi connectivity index (χ2v) is 17.7. The van der Waals surface area contributed by atoms with Gasteiger partial charge in [0.25, 0.3) is 0 Å². The maximum Gasteiger partial charge on any atom is 0.192 e. The van der Waals surface area contributed by atoms with E-state index in [-0.39, 0.29) is 15.8 Å². The molecule has 7 heteroatoms. The minimum absolute atomic E-state index is 0.0261. The molecule has 0 bridgehead atoms. The van der Waals surface area contributed by atoms with E-state index in [0.717, 1.165) is 23.1 Å². The van der Waals surface area contributed by atoms with Gasteiger partial charge in [-0.2, -0.15) is 0 Å². The van der Waals surface area contributed by atoms with E-state index < -0.39 is 19.7 Å². The Bertz CT molecular complexity index is 640. The quantitative estimate of drug-likeness (QED) is 0.324. The summed E-state index contributed by atoms with van der Waals surface area (Å²) in [6, 6.07) is 5.90. The van der Waals surface area contributed by atoms with Crippen molar-refractivity contribution in [2.24, 2.45) is 5.92 Å². The highest BCUT2D eigenvalue weighted by Gasteiger charge is 2.46. The fraction of sp³-hybridized carbons (Fsp3) is 0.750. The summed E-state index contributed by atoms with van der Waals surface area (Å²) in [7, 11) is -1.76. The molecule has 1 aromatic rings. The SMILES string of the molecule is CC(C)(C)[S@@+]([O-])NC(c1cccc(Br)n1)[C@H]1C[C@H](O[Si](C)(C)C(C)(C)C)C1. The third kappa shape index (κ3) is 6.03. The topological polar surface area (TPSA) is 57.2 Å². The van der Waals surface area contributed by atoms with Crippen molar-refractivity contribution in [2.45, 2.75) is 89.4 Å². The number of hydrogen-bond acceptors (Lipinski definition) is 4. The Labute approximate surface area is 177 Å². The zero-order valence-corrected chi connectivity index (χ0v) is 21.3. The lowest BCUT2D eigenvalue weighted by atomic mass is 9.76. The Kier molecular flexibility index (Phi) is 7.30. The maximum absolute atomic E-state index is 12.8. The van der Waals surface area contributed by atoms with Crippen LogP contribution in [-0.2, 0) is 15.8 Å². The summed E-state index contributed by atoms with van der Waals surface area (Å²) in [5, 5.41) is 0.218. The van der Waals surface area contributed by atoms with Crippen molar-refractivity contribution >= 4 is 35.6 Å². The molecule has 1 N–H and O–H groups in total. The van der Waals surface area contributed by atoms with Gasteiger partial charge >= 0.3 is 0 Å². The predicted molar refractivity (Wildman–Crippen MR) is 121 cm³/mol. The maximum atomic E-state index is 12.8. The molecule has 0 aromatic carbocycles. The number of hydrogen-bond donors (Lipinski definition) is 1. The molecule has 1 aromatic heterocycles. The molecular formula is C20H35BrN2O2SSi. The van der Waals surface area contributed by atoms with Crippen LogP contribution in [0.4, 0.5) is 0 Å². The fourth-order valence-corrected chi connectivity index (χ4v) is 5.49. The average Bonchev–Trinajstić information content (AvgIpc) is 2.46. The van der Waals surface area contributed by atoms with Gasteiger partial charge in [0.05, 0.1) is 11.7 Å². The lowest BCUT2D eigenvalue weighted by molar-refractivity contribution is 0.0365. The number of nitrogens with one attached hydrogen (secondary N) is 1. The van der Waals surface area contributed by atoms with Gasteiger partial charge in [0.1, 0.15) is 9.35 Å². The first kappa shape index (κ1) is 23.4. The summed E-state index contributed by atoms with van der Waals surface area (Å²) in [4.78, 5) is 4.64. The van der Waals surface area contributed by atoms with Gasteiger partial charge in [-0.05, 0) is 85.7 Å². The van der Waals surface area contributed by atoms with Crippen molar-refractivity contribution in [1.82, 2.24) is 9.71 Å². The van der Waals surface area contributed by atoms with Gasteiger partial charge in [-0.1, -0.05) is 26.8 Å². The van der Waals surface area contributed by atoms with Gasteiger partial charge in [-0.25, -0.2) is 4.98 Å². The third-order valence-corrected chi connectivity index (χ3v) is 12.3. The Balaban J connectivity index is 2.10. The Morgan fingerprint density at radius 3 is 2.30 bits per heavy atom. The van der Waals surface area contributed by atoms with Crippen molar-refractivity contribution in [1.29, 1.82) is 0 Å². The zero-order valence-electron chi connectivity index (χ0n) is 17.9. The highest BCUT2D eigenvalue weighted by molar-refractivity contribution is 9.10. The van der Waals surface area contributed by atoms with Crippen molar-refractivity contribution < 1.29 is 8.98 Å². The van der Waals surface area contributed by atoms with Gasteiger partial charge < -0.3 is 8.98 Å². The second-order valence-electron chi connectivity index (χ2n) is 10.1. The number of nitrogens with zero attached hydrogens (tertiary/aromatic N) is 1. The van der Waals surface area contributed by atoms with Crippen LogP contribution in [-0.4, -0.2) is 28.7 Å². The van der Waals surface area contributed by atoms with E-state index in [9.17, 15) is 4.55 Å².